The number of esters is 1. The van der Waals surface area contributed by atoms with Crippen molar-refractivity contribution in [1.82, 2.24) is 0 Å². The van der Waals surface area contributed by atoms with Gasteiger partial charge in [0.15, 0.2) is 5.76 Å². The maximum absolute atomic E-state index is 12.5. The normalized spacial score (nSPS) is 14.1. The van der Waals surface area contributed by atoms with Gasteiger partial charge in [-0.3, -0.25) is 4.79 Å². The Morgan fingerprint density at radius 2 is 1.89 bits per heavy atom. The van der Waals surface area contributed by atoms with Crippen molar-refractivity contribution >= 4 is 29.2 Å². The Balaban J connectivity index is 1.58. The highest BCUT2D eigenvalue weighted by molar-refractivity contribution is 7.11. The highest BCUT2D eigenvalue weighted by Gasteiger charge is 2.28. The number of ketones is 1. The molecule has 0 bridgehead atoms. The van der Waals surface area contributed by atoms with E-state index in [9.17, 15) is 9.59 Å². The summed E-state index contributed by atoms with van der Waals surface area (Å²) in [6, 6.07) is 14.0. The average Bonchev–Trinajstić information content (AvgIpc) is 3.19. The monoisotopic (exact) mass is 376 g/mol. The van der Waals surface area contributed by atoms with Crippen LogP contribution in [-0.2, 0) is 0 Å². The number of Topliss-reactive ketones (excluding diaryl/α,β-unsaturated/α-hetero) is 1. The fourth-order valence-corrected chi connectivity index (χ4v) is 3.69. The molecule has 2 aromatic carbocycles. The standard InChI is InChI=1S/C22H16O4S/c1-13-5-3-4-6-16(13)22(24)25-15-7-8-17-18(11-15)26-19(21(17)23)12-20-14(2)9-10-27-20/h3-12H,1-2H3. The van der Waals surface area contributed by atoms with Gasteiger partial charge in [0.1, 0.15) is 11.5 Å². The Hall–Kier alpha value is -3.18. The summed E-state index contributed by atoms with van der Waals surface area (Å²) in [5.41, 5.74) is 2.90. The van der Waals surface area contributed by atoms with Gasteiger partial charge in [-0.1, -0.05) is 18.2 Å². The summed E-state index contributed by atoms with van der Waals surface area (Å²) in [7, 11) is 0. The minimum absolute atomic E-state index is 0.172. The highest BCUT2D eigenvalue weighted by atomic mass is 32.1. The molecule has 0 amide bonds. The Morgan fingerprint density at radius 3 is 2.63 bits per heavy atom. The van der Waals surface area contributed by atoms with E-state index in [-0.39, 0.29) is 11.5 Å². The first-order chi connectivity index (χ1) is 13.0. The lowest BCUT2D eigenvalue weighted by Gasteiger charge is -2.07. The lowest BCUT2D eigenvalue weighted by molar-refractivity contribution is 0.0733. The third kappa shape index (κ3) is 3.29. The molecule has 0 N–H and O–H groups in total. The molecule has 4 nitrogen and oxygen atoms in total. The summed E-state index contributed by atoms with van der Waals surface area (Å²) in [6.45, 7) is 3.84. The maximum atomic E-state index is 12.5. The van der Waals surface area contributed by atoms with E-state index in [0.29, 0.717) is 22.6 Å². The van der Waals surface area contributed by atoms with Crippen LogP contribution in [0.5, 0.6) is 11.5 Å². The number of hydrogen-bond donors (Lipinski definition) is 0. The van der Waals surface area contributed by atoms with Gasteiger partial charge >= 0.3 is 5.97 Å². The van der Waals surface area contributed by atoms with Crippen LogP contribution in [0.4, 0.5) is 0 Å². The first-order valence-electron chi connectivity index (χ1n) is 8.43. The second-order valence-electron chi connectivity index (χ2n) is 6.27. The molecular weight excluding hydrogens is 360 g/mol. The van der Waals surface area contributed by atoms with Crippen LogP contribution in [0.25, 0.3) is 6.08 Å². The number of ether oxygens (including phenoxy) is 2. The van der Waals surface area contributed by atoms with E-state index in [2.05, 4.69) is 0 Å². The van der Waals surface area contributed by atoms with Crippen LogP contribution in [0.3, 0.4) is 0 Å². The molecule has 5 heteroatoms. The molecule has 0 saturated carbocycles. The third-order valence-corrected chi connectivity index (χ3v) is 5.35. The van der Waals surface area contributed by atoms with E-state index in [0.717, 1.165) is 16.0 Å². The SMILES string of the molecule is Cc1ccccc1C(=O)Oc1ccc2c(c1)OC(=Cc1sccc1C)C2=O. The summed E-state index contributed by atoms with van der Waals surface area (Å²) in [6.07, 6.45) is 1.75. The van der Waals surface area contributed by atoms with E-state index in [1.807, 2.05) is 37.4 Å². The molecule has 0 atom stereocenters. The van der Waals surface area contributed by atoms with E-state index in [1.165, 1.54) is 0 Å². The van der Waals surface area contributed by atoms with E-state index in [4.69, 9.17) is 9.47 Å². The first-order valence-corrected chi connectivity index (χ1v) is 9.31. The summed E-state index contributed by atoms with van der Waals surface area (Å²) >= 11 is 1.55. The second kappa shape index (κ2) is 6.85. The van der Waals surface area contributed by atoms with Gasteiger partial charge in [0.2, 0.25) is 5.78 Å². The van der Waals surface area contributed by atoms with Crippen LogP contribution >= 0.6 is 11.3 Å². The molecule has 0 saturated heterocycles. The van der Waals surface area contributed by atoms with Crippen molar-refractivity contribution in [3.8, 4) is 11.5 Å². The molecule has 1 aliphatic heterocycles. The van der Waals surface area contributed by atoms with Gasteiger partial charge in [0.05, 0.1) is 11.1 Å². The first kappa shape index (κ1) is 17.2. The van der Waals surface area contributed by atoms with Crippen molar-refractivity contribution in [1.29, 1.82) is 0 Å². The minimum atomic E-state index is -0.442. The zero-order valence-electron chi connectivity index (χ0n) is 14.8. The fraction of sp³-hybridized carbons (Fsp3) is 0.0909. The summed E-state index contributed by atoms with van der Waals surface area (Å²) < 4.78 is 11.2. The Morgan fingerprint density at radius 1 is 1.07 bits per heavy atom. The number of fused-ring (bicyclic) bond motifs is 1. The quantitative estimate of drug-likeness (QED) is 0.358. The van der Waals surface area contributed by atoms with Crippen molar-refractivity contribution in [3.05, 3.63) is 86.8 Å². The molecule has 0 unspecified atom stereocenters. The van der Waals surface area contributed by atoms with E-state index in [1.54, 1.807) is 47.7 Å². The largest absolute Gasteiger partial charge is 0.452 e. The third-order valence-electron chi connectivity index (χ3n) is 4.38. The van der Waals surface area contributed by atoms with Crippen molar-refractivity contribution in [3.63, 3.8) is 0 Å². The smallest absolute Gasteiger partial charge is 0.343 e. The number of aryl methyl sites for hydroxylation is 2. The fourth-order valence-electron chi connectivity index (χ4n) is 2.85. The van der Waals surface area contributed by atoms with E-state index < -0.39 is 5.97 Å². The number of thiophene rings is 1. The van der Waals surface area contributed by atoms with Crippen molar-refractivity contribution in [2.24, 2.45) is 0 Å². The zero-order valence-corrected chi connectivity index (χ0v) is 15.6. The molecule has 27 heavy (non-hydrogen) atoms. The molecule has 0 spiro atoms. The number of carbonyl (C=O) groups excluding carboxylic acids is 2. The molecule has 0 fully saturated rings. The Kier molecular flexibility index (Phi) is 4.38. The van der Waals surface area contributed by atoms with Crippen LogP contribution in [-0.4, -0.2) is 11.8 Å². The minimum Gasteiger partial charge on any atom is -0.452 e. The van der Waals surface area contributed by atoms with Crippen molar-refractivity contribution < 1.29 is 19.1 Å². The molecule has 134 valence electrons. The predicted octanol–water partition coefficient (Wildman–Crippen LogP) is 5.20. The molecule has 1 aliphatic rings. The van der Waals surface area contributed by atoms with Gasteiger partial charge in [0.25, 0.3) is 0 Å². The van der Waals surface area contributed by atoms with Crippen LogP contribution < -0.4 is 9.47 Å². The molecule has 0 aliphatic carbocycles. The van der Waals surface area contributed by atoms with Crippen molar-refractivity contribution in [2.75, 3.05) is 0 Å². The summed E-state index contributed by atoms with van der Waals surface area (Å²) in [5, 5.41) is 1.97. The molecule has 3 aromatic rings. The van der Waals surface area contributed by atoms with Gasteiger partial charge in [-0.2, -0.15) is 0 Å². The van der Waals surface area contributed by atoms with Gasteiger partial charge in [-0.25, -0.2) is 4.79 Å². The summed E-state index contributed by atoms with van der Waals surface area (Å²) in [4.78, 5) is 25.9. The van der Waals surface area contributed by atoms with Crippen LogP contribution in [0.1, 0.15) is 36.7 Å². The summed E-state index contributed by atoms with van der Waals surface area (Å²) in [5.74, 6) is 0.397. The number of benzene rings is 2. The Bertz CT molecular complexity index is 1090. The van der Waals surface area contributed by atoms with Gasteiger partial charge in [0, 0.05) is 17.0 Å². The number of rotatable bonds is 3. The lowest BCUT2D eigenvalue weighted by Crippen LogP contribution is -2.10. The average molecular weight is 376 g/mol. The van der Waals surface area contributed by atoms with Gasteiger partial charge in [-0.15, -0.1) is 11.3 Å². The lowest BCUT2D eigenvalue weighted by atomic mass is 10.1. The molecule has 4 rings (SSSR count). The Labute approximate surface area is 160 Å². The molecule has 0 radical (unpaired) electrons. The van der Waals surface area contributed by atoms with Gasteiger partial charge in [-0.05, 0) is 54.6 Å². The maximum Gasteiger partial charge on any atom is 0.343 e. The second-order valence-corrected chi connectivity index (χ2v) is 7.22. The van der Waals surface area contributed by atoms with E-state index >= 15 is 0 Å². The molecule has 2 heterocycles. The number of carbonyl (C=O) groups is 2. The zero-order chi connectivity index (χ0) is 19.0. The topological polar surface area (TPSA) is 52.6 Å². The van der Waals surface area contributed by atoms with Crippen molar-refractivity contribution in [2.45, 2.75) is 13.8 Å². The molecular formula is C22H16O4S. The van der Waals surface area contributed by atoms with Gasteiger partial charge < -0.3 is 9.47 Å². The van der Waals surface area contributed by atoms with Crippen LogP contribution in [0.2, 0.25) is 0 Å². The molecule has 1 aromatic heterocycles. The van der Waals surface area contributed by atoms with Crippen LogP contribution in [0, 0.1) is 13.8 Å². The highest BCUT2D eigenvalue weighted by Crippen LogP contribution is 2.35. The predicted molar refractivity (Wildman–Crippen MR) is 105 cm³/mol. The number of allylic oxidation sites excluding steroid dienone is 1. The number of hydrogen-bond acceptors (Lipinski definition) is 5. The van der Waals surface area contributed by atoms with Crippen LogP contribution in [0.15, 0.2) is 59.7 Å².